The number of ether oxygens (including phenoxy) is 1. The average molecular weight is 256 g/mol. The molecule has 0 amide bonds. The van der Waals surface area contributed by atoms with Crippen LogP contribution in [0.3, 0.4) is 0 Å². The van der Waals surface area contributed by atoms with Crippen LogP contribution in [0, 0.1) is 0 Å². The zero-order valence-electron chi connectivity index (χ0n) is 10.1. The zero-order chi connectivity index (χ0) is 13.7. The van der Waals surface area contributed by atoms with Crippen molar-refractivity contribution in [1.29, 1.82) is 0 Å². The molecule has 0 saturated heterocycles. The van der Waals surface area contributed by atoms with Crippen LogP contribution in [0.4, 0.5) is 0 Å². The minimum atomic E-state index is -1.04. The topological polar surface area (TPSA) is 72.3 Å². The Kier molecular flexibility index (Phi) is 3.87. The van der Waals surface area contributed by atoms with Gasteiger partial charge in [0.2, 0.25) is 0 Å². The molecule has 1 aromatic heterocycles. The van der Waals surface area contributed by atoms with Crippen LogP contribution in [0.15, 0.2) is 49.3 Å². The number of aromatic carboxylic acids is 1. The maximum atomic E-state index is 10.7. The maximum Gasteiger partial charge on any atom is 0.338 e. The third-order valence-corrected chi connectivity index (χ3v) is 2.38. The van der Waals surface area contributed by atoms with Gasteiger partial charge in [-0.15, -0.1) is 0 Å². The molecule has 0 aliphatic carbocycles. The number of nitrogens with zero attached hydrogens (tertiary/aromatic N) is 2. The summed E-state index contributed by atoms with van der Waals surface area (Å²) in [5.74, 6) is 0.158. The molecular weight excluding hydrogens is 244 g/mol. The molecular formula is C14H12N2O3. The molecule has 96 valence electrons. The smallest absolute Gasteiger partial charge is 0.338 e. The lowest BCUT2D eigenvalue weighted by Crippen LogP contribution is -1.99. The number of carbonyl (C=O) groups is 1. The molecule has 0 saturated carbocycles. The lowest BCUT2D eigenvalue weighted by molar-refractivity contribution is 0.0696. The Labute approximate surface area is 110 Å². The van der Waals surface area contributed by atoms with Crippen LogP contribution in [0.1, 0.15) is 10.4 Å². The number of hydrogen-bond acceptors (Lipinski definition) is 4. The van der Waals surface area contributed by atoms with E-state index in [4.69, 9.17) is 9.84 Å². The van der Waals surface area contributed by atoms with Gasteiger partial charge in [0, 0.05) is 18.0 Å². The Morgan fingerprint density at radius 1 is 1.26 bits per heavy atom. The lowest BCUT2D eigenvalue weighted by atomic mass is 10.2. The van der Waals surface area contributed by atoms with Gasteiger partial charge in [-0.2, -0.15) is 0 Å². The number of hydrogen-bond donors (Lipinski definition) is 1. The first-order valence-electron chi connectivity index (χ1n) is 5.60. The summed E-state index contributed by atoms with van der Waals surface area (Å²) in [5, 5.41) is 8.76. The first kappa shape index (κ1) is 12.8. The van der Waals surface area contributed by atoms with E-state index >= 15 is 0 Å². The molecule has 0 aliphatic heterocycles. The predicted molar refractivity (Wildman–Crippen MR) is 70.1 cm³/mol. The number of carboxylic acid groups (broad SMARTS) is 1. The van der Waals surface area contributed by atoms with E-state index in [1.807, 2.05) is 12.1 Å². The second-order valence-electron chi connectivity index (χ2n) is 3.72. The molecule has 0 spiro atoms. The van der Waals surface area contributed by atoms with Gasteiger partial charge in [0.05, 0.1) is 5.56 Å². The summed E-state index contributed by atoms with van der Waals surface area (Å²) in [4.78, 5) is 18.7. The molecule has 1 N–H and O–H groups in total. The normalized spacial score (nSPS) is 9.89. The summed E-state index contributed by atoms with van der Waals surface area (Å²) in [6.45, 7) is 4.02. The minimum absolute atomic E-state index is 0.0645. The highest BCUT2D eigenvalue weighted by atomic mass is 16.5. The summed E-state index contributed by atoms with van der Waals surface area (Å²) < 4.78 is 5.36. The average Bonchev–Trinajstić information content (AvgIpc) is 2.46. The molecule has 0 atom stereocenters. The van der Waals surface area contributed by atoms with Crippen LogP contribution in [0.25, 0.3) is 11.4 Å². The quantitative estimate of drug-likeness (QED) is 0.831. The van der Waals surface area contributed by atoms with Crippen molar-refractivity contribution in [1.82, 2.24) is 9.97 Å². The van der Waals surface area contributed by atoms with Gasteiger partial charge >= 0.3 is 5.97 Å². The van der Waals surface area contributed by atoms with Gasteiger partial charge in [0.1, 0.15) is 12.4 Å². The third-order valence-electron chi connectivity index (χ3n) is 2.38. The predicted octanol–water partition coefficient (Wildman–Crippen LogP) is 2.41. The number of rotatable bonds is 5. The Morgan fingerprint density at radius 3 is 2.42 bits per heavy atom. The monoisotopic (exact) mass is 256 g/mol. The van der Waals surface area contributed by atoms with E-state index in [9.17, 15) is 4.79 Å². The minimum Gasteiger partial charge on any atom is -0.490 e. The second-order valence-corrected chi connectivity index (χ2v) is 3.72. The fraction of sp³-hybridized carbons (Fsp3) is 0.0714. The summed E-state index contributed by atoms with van der Waals surface area (Å²) in [5.41, 5.74) is 0.859. The summed E-state index contributed by atoms with van der Waals surface area (Å²) in [6, 6.07) is 7.23. The van der Waals surface area contributed by atoms with E-state index in [0.717, 1.165) is 11.3 Å². The van der Waals surface area contributed by atoms with Gasteiger partial charge in [-0.25, -0.2) is 14.8 Å². The molecule has 0 unspecified atom stereocenters. The largest absolute Gasteiger partial charge is 0.490 e. The van der Waals surface area contributed by atoms with Crippen molar-refractivity contribution in [3.63, 3.8) is 0 Å². The van der Waals surface area contributed by atoms with E-state index < -0.39 is 5.97 Å². The van der Waals surface area contributed by atoms with E-state index in [-0.39, 0.29) is 5.56 Å². The summed E-state index contributed by atoms with van der Waals surface area (Å²) >= 11 is 0. The van der Waals surface area contributed by atoms with Crippen molar-refractivity contribution >= 4 is 5.97 Å². The zero-order valence-corrected chi connectivity index (χ0v) is 10.1. The SMILES string of the molecule is C=CCOc1ccc(-c2ncc(C(=O)O)cn2)cc1. The Bertz CT molecular complexity index is 577. The van der Waals surface area contributed by atoms with Crippen LogP contribution in [0.2, 0.25) is 0 Å². The second kappa shape index (κ2) is 5.77. The summed E-state index contributed by atoms with van der Waals surface area (Å²) in [7, 11) is 0. The van der Waals surface area contributed by atoms with E-state index in [2.05, 4.69) is 16.5 Å². The molecule has 1 heterocycles. The highest BCUT2D eigenvalue weighted by molar-refractivity contribution is 5.86. The maximum absolute atomic E-state index is 10.7. The van der Waals surface area contributed by atoms with Gasteiger partial charge in [-0.3, -0.25) is 0 Å². The molecule has 0 aliphatic rings. The van der Waals surface area contributed by atoms with Gasteiger partial charge in [0.25, 0.3) is 0 Å². The molecule has 1 aromatic carbocycles. The van der Waals surface area contributed by atoms with Crippen molar-refractivity contribution in [2.45, 2.75) is 0 Å². The van der Waals surface area contributed by atoms with Gasteiger partial charge in [-0.05, 0) is 24.3 Å². The van der Waals surface area contributed by atoms with E-state index in [1.54, 1.807) is 18.2 Å². The van der Waals surface area contributed by atoms with Gasteiger partial charge < -0.3 is 9.84 Å². The molecule has 5 nitrogen and oxygen atoms in total. The molecule has 2 rings (SSSR count). The molecule has 0 fully saturated rings. The summed E-state index contributed by atoms with van der Waals surface area (Å²) in [6.07, 6.45) is 4.24. The number of aromatic nitrogens is 2. The first-order chi connectivity index (χ1) is 9.20. The highest BCUT2D eigenvalue weighted by Crippen LogP contribution is 2.19. The fourth-order valence-electron chi connectivity index (χ4n) is 1.44. The van der Waals surface area contributed by atoms with E-state index in [1.165, 1.54) is 12.4 Å². The Hall–Kier alpha value is -2.69. The lowest BCUT2D eigenvalue weighted by Gasteiger charge is -2.04. The van der Waals surface area contributed by atoms with Crippen molar-refractivity contribution in [2.75, 3.05) is 6.61 Å². The third kappa shape index (κ3) is 3.16. The van der Waals surface area contributed by atoms with Crippen LogP contribution in [-0.4, -0.2) is 27.7 Å². The van der Waals surface area contributed by atoms with Crippen LogP contribution in [-0.2, 0) is 0 Å². The Balaban J connectivity index is 2.17. The van der Waals surface area contributed by atoms with Gasteiger partial charge in [-0.1, -0.05) is 12.7 Å². The number of benzene rings is 1. The van der Waals surface area contributed by atoms with Crippen LogP contribution >= 0.6 is 0 Å². The molecule has 2 aromatic rings. The van der Waals surface area contributed by atoms with Crippen molar-refractivity contribution in [3.8, 4) is 17.1 Å². The van der Waals surface area contributed by atoms with Crippen LogP contribution < -0.4 is 4.74 Å². The first-order valence-corrected chi connectivity index (χ1v) is 5.60. The standard InChI is InChI=1S/C14H12N2O3/c1-2-7-19-12-5-3-10(4-6-12)13-15-8-11(9-16-13)14(17)18/h2-6,8-9H,1,7H2,(H,17,18). The molecule has 0 bridgehead atoms. The van der Waals surface area contributed by atoms with E-state index in [0.29, 0.717) is 12.4 Å². The highest BCUT2D eigenvalue weighted by Gasteiger charge is 2.06. The molecule has 0 radical (unpaired) electrons. The molecule has 19 heavy (non-hydrogen) atoms. The van der Waals surface area contributed by atoms with Crippen molar-refractivity contribution < 1.29 is 14.6 Å². The van der Waals surface area contributed by atoms with Crippen LogP contribution in [0.5, 0.6) is 5.75 Å². The van der Waals surface area contributed by atoms with Crippen molar-refractivity contribution in [2.24, 2.45) is 0 Å². The van der Waals surface area contributed by atoms with Gasteiger partial charge in [0.15, 0.2) is 5.82 Å². The fourth-order valence-corrected chi connectivity index (χ4v) is 1.44. The number of carboxylic acids is 1. The van der Waals surface area contributed by atoms with Crippen molar-refractivity contribution in [3.05, 3.63) is 54.9 Å². The Morgan fingerprint density at radius 2 is 1.89 bits per heavy atom. The molecule has 5 heteroatoms.